The van der Waals surface area contributed by atoms with Gasteiger partial charge in [0.25, 0.3) is 0 Å². The Bertz CT molecular complexity index is 725. The highest BCUT2D eigenvalue weighted by Crippen LogP contribution is 2.40. The summed E-state index contributed by atoms with van der Waals surface area (Å²) in [5.74, 6) is 1.53. The largest absolute Gasteiger partial charge is 0.491 e. The van der Waals surface area contributed by atoms with Crippen molar-refractivity contribution in [1.29, 1.82) is 0 Å². The molecule has 0 heterocycles. The summed E-state index contributed by atoms with van der Waals surface area (Å²) in [4.78, 5) is 17.7. The van der Waals surface area contributed by atoms with Crippen LogP contribution in [0.25, 0.3) is 0 Å². The lowest BCUT2D eigenvalue weighted by Crippen LogP contribution is -2.14. The van der Waals surface area contributed by atoms with Gasteiger partial charge in [0.05, 0.1) is 6.61 Å². The van der Waals surface area contributed by atoms with E-state index in [9.17, 15) is 8.96 Å². The van der Waals surface area contributed by atoms with Crippen molar-refractivity contribution in [3.63, 3.8) is 0 Å². The van der Waals surface area contributed by atoms with E-state index in [2.05, 4.69) is 13.8 Å². The number of hydrogen-bond donors (Lipinski definition) is 2. The number of hydrogen-bond acceptors (Lipinski definition) is 2. The minimum atomic E-state index is -3.82. The quantitative estimate of drug-likeness (QED) is 0.183. The predicted molar refractivity (Wildman–Crippen MR) is 135 cm³/mol. The van der Waals surface area contributed by atoms with Gasteiger partial charge in [-0.1, -0.05) is 64.7 Å². The van der Waals surface area contributed by atoms with Crippen molar-refractivity contribution in [3.05, 3.63) is 29.1 Å². The van der Waals surface area contributed by atoms with Gasteiger partial charge < -0.3 is 14.5 Å². The van der Waals surface area contributed by atoms with Gasteiger partial charge in [-0.3, -0.25) is 4.57 Å². The molecule has 1 aromatic carbocycles. The highest BCUT2D eigenvalue weighted by atomic mass is 31.2. The molecule has 2 N–H and O–H groups in total. The second-order valence-electron chi connectivity index (χ2n) is 10.1. The van der Waals surface area contributed by atoms with E-state index in [4.69, 9.17) is 14.5 Å². The lowest BCUT2D eigenvalue weighted by atomic mass is 9.76. The van der Waals surface area contributed by atoms with Crippen molar-refractivity contribution in [3.8, 4) is 5.75 Å². The van der Waals surface area contributed by atoms with E-state index in [1.54, 1.807) is 6.07 Å². The van der Waals surface area contributed by atoms with Gasteiger partial charge in [-0.05, 0) is 80.5 Å². The lowest BCUT2D eigenvalue weighted by Gasteiger charge is -2.29. The predicted octanol–water partition coefficient (Wildman–Crippen LogP) is 8.28. The molecule has 0 bridgehead atoms. The Morgan fingerprint density at radius 3 is 2.09 bits per heavy atom. The maximum Gasteiger partial charge on any atom is 0.325 e. The number of ether oxygens (including phenoxy) is 1. The molecule has 0 spiro atoms. The molecule has 33 heavy (non-hydrogen) atoms. The van der Waals surface area contributed by atoms with Crippen LogP contribution in [-0.2, 0) is 4.57 Å². The molecule has 190 valence electrons. The molecule has 1 saturated carbocycles. The number of halogens is 1. The van der Waals surface area contributed by atoms with Crippen molar-refractivity contribution >= 4 is 7.60 Å². The van der Waals surface area contributed by atoms with Crippen molar-refractivity contribution in [1.82, 2.24) is 0 Å². The van der Waals surface area contributed by atoms with Crippen molar-refractivity contribution in [2.24, 2.45) is 5.92 Å². The molecule has 0 saturated heterocycles. The van der Waals surface area contributed by atoms with Crippen LogP contribution in [-0.4, -0.2) is 22.6 Å². The fourth-order valence-electron chi connectivity index (χ4n) is 5.23. The van der Waals surface area contributed by atoms with Gasteiger partial charge in [0.2, 0.25) is 0 Å². The van der Waals surface area contributed by atoms with Crippen molar-refractivity contribution < 1.29 is 23.5 Å². The van der Waals surface area contributed by atoms with Gasteiger partial charge in [-0.2, -0.15) is 0 Å². The molecule has 4 nitrogen and oxygen atoms in total. The average molecular weight is 485 g/mol. The Balaban J connectivity index is 1.57. The first-order valence-electron chi connectivity index (χ1n) is 13.3. The zero-order valence-electron chi connectivity index (χ0n) is 20.9. The van der Waals surface area contributed by atoms with E-state index in [1.807, 2.05) is 6.07 Å². The second-order valence-corrected chi connectivity index (χ2v) is 11.8. The fraction of sp³-hybridized carbons (Fsp3) is 0.778. The maximum atomic E-state index is 14.7. The Morgan fingerprint density at radius 2 is 1.52 bits per heavy atom. The Hall–Kier alpha value is -0.900. The monoisotopic (exact) mass is 484 g/mol. The molecular formula is C27H46FO4P. The summed E-state index contributed by atoms with van der Waals surface area (Å²) in [7, 11) is -3.82. The maximum absolute atomic E-state index is 14.7. The first kappa shape index (κ1) is 28.3. The van der Waals surface area contributed by atoms with Gasteiger partial charge >= 0.3 is 7.60 Å². The SMILES string of the molecule is CCCC1CCC(c2cc(F)c(OCCCCCCCCCCCP(=O)(O)O)cc2C)CC1. The van der Waals surface area contributed by atoms with Crippen LogP contribution in [0.1, 0.15) is 120 Å². The van der Waals surface area contributed by atoms with Crippen LogP contribution in [0.5, 0.6) is 5.75 Å². The topological polar surface area (TPSA) is 66.8 Å². The van der Waals surface area contributed by atoms with Gasteiger partial charge in [0, 0.05) is 6.16 Å². The highest BCUT2D eigenvalue weighted by molar-refractivity contribution is 7.51. The van der Waals surface area contributed by atoms with E-state index in [0.717, 1.165) is 56.4 Å². The average Bonchev–Trinajstić information content (AvgIpc) is 2.76. The first-order valence-corrected chi connectivity index (χ1v) is 15.1. The van der Waals surface area contributed by atoms with Gasteiger partial charge in [0.15, 0.2) is 11.6 Å². The zero-order chi connectivity index (χ0) is 24.1. The molecule has 0 amide bonds. The summed E-state index contributed by atoms with van der Waals surface area (Å²) in [5, 5.41) is 0. The molecule has 0 radical (unpaired) electrons. The van der Waals surface area contributed by atoms with Crippen LogP contribution in [0.3, 0.4) is 0 Å². The molecule has 2 rings (SSSR count). The number of benzene rings is 1. The van der Waals surface area contributed by atoms with E-state index in [-0.39, 0.29) is 12.0 Å². The normalized spacial score (nSPS) is 19.1. The fourth-order valence-corrected chi connectivity index (χ4v) is 5.87. The summed E-state index contributed by atoms with van der Waals surface area (Å²) < 4.78 is 31.2. The lowest BCUT2D eigenvalue weighted by molar-refractivity contribution is 0.287. The van der Waals surface area contributed by atoms with Crippen LogP contribution < -0.4 is 4.74 Å². The molecular weight excluding hydrogens is 438 g/mol. The summed E-state index contributed by atoms with van der Waals surface area (Å²) in [5.41, 5.74) is 2.34. The molecule has 0 atom stereocenters. The Kier molecular flexibility index (Phi) is 13.0. The molecule has 0 aliphatic heterocycles. The van der Waals surface area contributed by atoms with Gasteiger partial charge in [0.1, 0.15) is 0 Å². The third kappa shape index (κ3) is 11.4. The summed E-state index contributed by atoms with van der Waals surface area (Å²) in [6.07, 6.45) is 16.7. The molecule has 6 heteroatoms. The molecule has 1 fully saturated rings. The minimum absolute atomic E-state index is 0.00982. The molecule has 1 aromatic rings. The summed E-state index contributed by atoms with van der Waals surface area (Å²) in [6, 6.07) is 3.63. The number of rotatable bonds is 16. The minimum Gasteiger partial charge on any atom is -0.491 e. The zero-order valence-corrected chi connectivity index (χ0v) is 21.8. The number of aryl methyl sites for hydroxylation is 1. The second kappa shape index (κ2) is 15.2. The third-order valence-electron chi connectivity index (χ3n) is 7.16. The van der Waals surface area contributed by atoms with Crippen LogP contribution in [0.15, 0.2) is 12.1 Å². The van der Waals surface area contributed by atoms with E-state index >= 15 is 0 Å². The van der Waals surface area contributed by atoms with Crippen LogP contribution in [0.4, 0.5) is 4.39 Å². The Morgan fingerprint density at radius 1 is 0.939 bits per heavy atom. The van der Waals surface area contributed by atoms with E-state index in [1.165, 1.54) is 50.5 Å². The summed E-state index contributed by atoms with van der Waals surface area (Å²) in [6.45, 7) is 4.90. The van der Waals surface area contributed by atoms with Crippen LogP contribution in [0, 0.1) is 18.7 Å². The van der Waals surface area contributed by atoms with Gasteiger partial charge in [-0.25, -0.2) is 4.39 Å². The van der Waals surface area contributed by atoms with Crippen LogP contribution >= 0.6 is 7.60 Å². The van der Waals surface area contributed by atoms with Crippen LogP contribution in [0.2, 0.25) is 0 Å². The number of unbranched alkanes of at least 4 members (excludes halogenated alkanes) is 8. The van der Waals surface area contributed by atoms with Crippen molar-refractivity contribution in [2.45, 2.75) is 116 Å². The Labute approximate surface area is 200 Å². The summed E-state index contributed by atoms with van der Waals surface area (Å²) >= 11 is 0. The standard InChI is InChI=1S/C27H46FO4P/c1-3-13-23-14-16-24(17-15-23)25-21-26(28)27(20-22(25)2)32-18-11-9-7-5-4-6-8-10-12-19-33(29,30)31/h20-21,23-24H,3-19H2,1-2H3,(H2,29,30,31). The molecule has 1 aliphatic carbocycles. The van der Waals surface area contributed by atoms with E-state index in [0.29, 0.717) is 24.7 Å². The molecule has 1 aliphatic rings. The van der Waals surface area contributed by atoms with Gasteiger partial charge in [-0.15, -0.1) is 0 Å². The molecule has 0 aromatic heterocycles. The third-order valence-corrected chi connectivity index (χ3v) is 8.05. The first-order chi connectivity index (χ1) is 15.8. The van der Waals surface area contributed by atoms with Crippen molar-refractivity contribution in [2.75, 3.05) is 12.8 Å². The molecule has 0 unspecified atom stereocenters. The highest BCUT2D eigenvalue weighted by Gasteiger charge is 2.24. The smallest absolute Gasteiger partial charge is 0.325 e. The van der Waals surface area contributed by atoms with E-state index < -0.39 is 7.60 Å².